The largest absolute Gasteiger partial charge is 0.416 e. The van der Waals surface area contributed by atoms with Gasteiger partial charge in [0.1, 0.15) is 11.6 Å². The van der Waals surface area contributed by atoms with Gasteiger partial charge in [-0.1, -0.05) is 36.4 Å². The Bertz CT molecular complexity index is 1100. The third-order valence-electron chi connectivity index (χ3n) is 4.59. The van der Waals surface area contributed by atoms with Crippen LogP contribution < -0.4 is 5.56 Å². The molecule has 0 aliphatic carbocycles. The van der Waals surface area contributed by atoms with Crippen LogP contribution in [-0.2, 0) is 19.3 Å². The highest BCUT2D eigenvalue weighted by Gasteiger charge is 2.36. The Morgan fingerprint density at radius 3 is 2.20 bits per heavy atom. The number of pyridine rings is 1. The van der Waals surface area contributed by atoms with Crippen molar-refractivity contribution in [2.45, 2.75) is 19.3 Å². The standard InChI is InChI=1S/C22H19F5N2O/c1-28(2)13-17-18(22(25,26)27)11-20(14-6-4-3-5-7-14)29(21(17)30)12-15-8-9-16(23)10-19(15)24/h3-11H,12-13H2,1-2H3. The van der Waals surface area contributed by atoms with Crippen LogP contribution >= 0.6 is 0 Å². The predicted octanol–water partition coefficient (Wildman–Crippen LogP) is 4.92. The minimum absolute atomic E-state index is 0.000781. The Hall–Kier alpha value is -3.00. The molecule has 3 rings (SSSR count). The summed E-state index contributed by atoms with van der Waals surface area (Å²) in [5, 5.41) is 0. The zero-order valence-corrected chi connectivity index (χ0v) is 16.3. The highest BCUT2D eigenvalue weighted by molar-refractivity contribution is 5.61. The van der Waals surface area contributed by atoms with Crippen LogP contribution in [0.25, 0.3) is 11.3 Å². The molecule has 0 fully saturated rings. The fourth-order valence-corrected chi connectivity index (χ4v) is 3.24. The van der Waals surface area contributed by atoms with Gasteiger partial charge in [-0.15, -0.1) is 0 Å². The van der Waals surface area contributed by atoms with Crippen molar-refractivity contribution in [2.24, 2.45) is 0 Å². The number of benzene rings is 2. The van der Waals surface area contributed by atoms with Crippen molar-refractivity contribution < 1.29 is 22.0 Å². The molecule has 0 aliphatic rings. The number of aromatic nitrogens is 1. The van der Waals surface area contributed by atoms with Crippen LogP contribution in [0.5, 0.6) is 0 Å². The molecule has 1 aromatic heterocycles. The van der Waals surface area contributed by atoms with E-state index in [9.17, 15) is 26.7 Å². The van der Waals surface area contributed by atoms with Crippen LogP contribution in [0.2, 0.25) is 0 Å². The number of halogens is 5. The summed E-state index contributed by atoms with van der Waals surface area (Å²) in [7, 11) is 3.10. The highest BCUT2D eigenvalue weighted by Crippen LogP contribution is 2.34. The Balaban J connectivity index is 2.31. The molecule has 8 heteroatoms. The van der Waals surface area contributed by atoms with E-state index in [1.54, 1.807) is 44.4 Å². The highest BCUT2D eigenvalue weighted by atomic mass is 19.4. The number of rotatable bonds is 5. The lowest BCUT2D eigenvalue weighted by Crippen LogP contribution is -2.32. The van der Waals surface area contributed by atoms with Gasteiger partial charge in [0.15, 0.2) is 0 Å². The molecule has 0 saturated carbocycles. The van der Waals surface area contributed by atoms with Gasteiger partial charge in [-0.2, -0.15) is 13.2 Å². The smallest absolute Gasteiger partial charge is 0.305 e. The van der Waals surface area contributed by atoms with Crippen molar-refractivity contribution in [3.63, 3.8) is 0 Å². The number of hydrogen-bond acceptors (Lipinski definition) is 2. The molecule has 0 aliphatic heterocycles. The second-order valence-electron chi connectivity index (χ2n) is 7.15. The Kier molecular flexibility index (Phi) is 6.07. The summed E-state index contributed by atoms with van der Waals surface area (Å²) in [5.41, 5.74) is -1.98. The molecule has 0 bridgehead atoms. The summed E-state index contributed by atoms with van der Waals surface area (Å²) in [5.74, 6) is -1.66. The first-order valence-corrected chi connectivity index (χ1v) is 9.06. The zero-order valence-electron chi connectivity index (χ0n) is 16.3. The SMILES string of the molecule is CN(C)Cc1c(C(F)(F)F)cc(-c2ccccc2)n(Cc2ccc(F)cc2F)c1=O. The minimum atomic E-state index is -4.74. The maximum atomic E-state index is 14.2. The second-order valence-corrected chi connectivity index (χ2v) is 7.15. The molecule has 2 aromatic carbocycles. The van der Waals surface area contributed by atoms with Crippen molar-refractivity contribution in [2.75, 3.05) is 14.1 Å². The summed E-state index contributed by atoms with van der Waals surface area (Å²) < 4.78 is 69.9. The van der Waals surface area contributed by atoms with Gasteiger partial charge >= 0.3 is 6.18 Å². The zero-order chi connectivity index (χ0) is 22.1. The Morgan fingerprint density at radius 1 is 0.967 bits per heavy atom. The third-order valence-corrected chi connectivity index (χ3v) is 4.59. The molecule has 0 radical (unpaired) electrons. The van der Waals surface area contributed by atoms with Crippen molar-refractivity contribution in [1.82, 2.24) is 9.47 Å². The Labute approximate surface area is 170 Å². The van der Waals surface area contributed by atoms with Gasteiger partial charge in [-0.05, 0) is 31.8 Å². The number of hydrogen-bond donors (Lipinski definition) is 0. The average Bonchev–Trinajstić information content (AvgIpc) is 2.66. The normalized spacial score (nSPS) is 11.9. The molecular weight excluding hydrogens is 403 g/mol. The first kappa shape index (κ1) is 21.7. The topological polar surface area (TPSA) is 25.2 Å². The van der Waals surface area contributed by atoms with Gasteiger partial charge in [0, 0.05) is 23.7 Å². The molecule has 0 atom stereocenters. The lowest BCUT2D eigenvalue weighted by molar-refractivity contribution is -0.138. The van der Waals surface area contributed by atoms with Gasteiger partial charge in [0.05, 0.1) is 17.8 Å². The van der Waals surface area contributed by atoms with Gasteiger partial charge in [0.2, 0.25) is 0 Å². The molecule has 0 amide bonds. The van der Waals surface area contributed by atoms with Crippen molar-refractivity contribution in [3.8, 4) is 11.3 Å². The number of nitrogens with zero attached hydrogens (tertiary/aromatic N) is 2. The molecule has 3 aromatic rings. The van der Waals surface area contributed by atoms with Crippen LogP contribution in [0.4, 0.5) is 22.0 Å². The van der Waals surface area contributed by atoms with Crippen molar-refractivity contribution >= 4 is 0 Å². The molecule has 0 N–H and O–H groups in total. The van der Waals surface area contributed by atoms with Crippen LogP contribution in [-0.4, -0.2) is 23.6 Å². The molecule has 0 saturated heterocycles. The summed E-state index contributed by atoms with van der Waals surface area (Å²) in [6, 6.07) is 11.9. The van der Waals surface area contributed by atoms with E-state index in [0.29, 0.717) is 11.6 Å². The minimum Gasteiger partial charge on any atom is -0.305 e. The summed E-state index contributed by atoms with van der Waals surface area (Å²) >= 11 is 0. The average molecular weight is 422 g/mol. The molecule has 158 valence electrons. The fraction of sp³-hybridized carbons (Fsp3) is 0.227. The first-order chi connectivity index (χ1) is 14.1. The lowest BCUT2D eigenvalue weighted by atomic mass is 10.0. The summed E-state index contributed by atoms with van der Waals surface area (Å²) in [4.78, 5) is 14.6. The monoisotopic (exact) mass is 422 g/mol. The second kappa shape index (κ2) is 8.39. The molecule has 1 heterocycles. The molecular formula is C22H19F5N2O. The quantitative estimate of drug-likeness (QED) is 0.546. The van der Waals surface area contributed by atoms with E-state index >= 15 is 0 Å². The van der Waals surface area contributed by atoms with Gasteiger partial charge < -0.3 is 9.47 Å². The van der Waals surface area contributed by atoms with E-state index < -0.39 is 34.5 Å². The molecule has 3 nitrogen and oxygen atoms in total. The molecule has 0 spiro atoms. The van der Waals surface area contributed by atoms with Crippen LogP contribution in [0.1, 0.15) is 16.7 Å². The molecule has 30 heavy (non-hydrogen) atoms. The summed E-state index contributed by atoms with van der Waals surface area (Å²) in [6.07, 6.45) is -4.74. The summed E-state index contributed by atoms with van der Waals surface area (Å²) in [6.45, 7) is -0.581. The fourth-order valence-electron chi connectivity index (χ4n) is 3.24. The predicted molar refractivity (Wildman–Crippen MR) is 104 cm³/mol. The lowest BCUT2D eigenvalue weighted by Gasteiger charge is -2.21. The van der Waals surface area contributed by atoms with Crippen LogP contribution in [0.15, 0.2) is 59.4 Å². The maximum Gasteiger partial charge on any atom is 0.416 e. The van der Waals surface area contributed by atoms with E-state index in [0.717, 1.165) is 16.7 Å². The van der Waals surface area contributed by atoms with E-state index in [1.165, 1.54) is 11.0 Å². The van der Waals surface area contributed by atoms with Crippen LogP contribution in [0.3, 0.4) is 0 Å². The first-order valence-electron chi connectivity index (χ1n) is 9.06. The Morgan fingerprint density at radius 2 is 1.63 bits per heavy atom. The third kappa shape index (κ3) is 4.59. The van der Waals surface area contributed by atoms with E-state index in [4.69, 9.17) is 0 Å². The van der Waals surface area contributed by atoms with Gasteiger partial charge in [-0.3, -0.25) is 4.79 Å². The van der Waals surface area contributed by atoms with Crippen LogP contribution in [0, 0.1) is 11.6 Å². The van der Waals surface area contributed by atoms with E-state index in [2.05, 4.69) is 0 Å². The van der Waals surface area contributed by atoms with Crippen molar-refractivity contribution in [3.05, 3.63) is 93.3 Å². The number of alkyl halides is 3. The molecule has 0 unspecified atom stereocenters. The van der Waals surface area contributed by atoms with Gasteiger partial charge in [-0.25, -0.2) is 8.78 Å². The van der Waals surface area contributed by atoms with E-state index in [1.807, 2.05) is 0 Å². The maximum absolute atomic E-state index is 14.2. The van der Waals surface area contributed by atoms with Gasteiger partial charge in [0.25, 0.3) is 5.56 Å². The van der Waals surface area contributed by atoms with Crippen molar-refractivity contribution in [1.29, 1.82) is 0 Å². The van der Waals surface area contributed by atoms with E-state index in [-0.39, 0.29) is 24.3 Å².